The minimum Gasteiger partial charge on any atom is -0.481 e. The van der Waals surface area contributed by atoms with Gasteiger partial charge in [0.15, 0.2) is 0 Å². The molecule has 2 aromatic heterocycles. The molecule has 0 fully saturated rings. The van der Waals surface area contributed by atoms with Crippen LogP contribution in [0.3, 0.4) is 0 Å². The lowest BCUT2D eigenvalue weighted by Crippen LogP contribution is -2.14. The number of nitrogens with zero attached hydrogens (tertiary/aromatic N) is 2. The Labute approximate surface area is 175 Å². The van der Waals surface area contributed by atoms with Crippen LogP contribution in [-0.4, -0.2) is 34.2 Å². The number of hydrogen-bond donors (Lipinski definition) is 1. The molecule has 0 radical (unpaired) electrons. The maximum Gasteiger partial charge on any atom is 0.306 e. The Morgan fingerprint density at radius 1 is 1.28 bits per heavy atom. The van der Waals surface area contributed by atoms with Crippen LogP contribution in [0.25, 0.3) is 17.0 Å². The van der Waals surface area contributed by atoms with Crippen LogP contribution >= 0.6 is 11.6 Å². The Balaban J connectivity index is 0.000000370. The van der Waals surface area contributed by atoms with E-state index in [2.05, 4.69) is 4.98 Å². The first-order valence-corrected chi connectivity index (χ1v) is 11.0. The minimum atomic E-state index is -3.47. The van der Waals surface area contributed by atoms with E-state index in [1.165, 1.54) is 3.97 Å². The lowest BCUT2D eigenvalue weighted by atomic mass is 10.1. The molecule has 0 spiro atoms. The fraction of sp³-hybridized carbons (Fsp3) is 0.238. The monoisotopic (exact) mass is 434 g/mol. The van der Waals surface area contributed by atoms with Gasteiger partial charge in [-0.25, -0.2) is 12.4 Å². The zero-order chi connectivity index (χ0) is 21.4. The van der Waals surface area contributed by atoms with Crippen molar-refractivity contribution in [3.63, 3.8) is 0 Å². The molecule has 154 valence electrons. The molecule has 0 saturated heterocycles. The molecule has 1 aromatic carbocycles. The van der Waals surface area contributed by atoms with Gasteiger partial charge in [-0.3, -0.25) is 9.78 Å². The molecule has 0 saturated carbocycles. The Morgan fingerprint density at radius 3 is 2.62 bits per heavy atom. The van der Waals surface area contributed by atoms with Gasteiger partial charge in [0.1, 0.15) is 0 Å². The van der Waals surface area contributed by atoms with Gasteiger partial charge in [0.05, 0.1) is 22.9 Å². The second kappa shape index (κ2) is 10.2. The Kier molecular flexibility index (Phi) is 7.99. The van der Waals surface area contributed by atoms with Gasteiger partial charge in [0.2, 0.25) is 10.0 Å². The van der Waals surface area contributed by atoms with Crippen molar-refractivity contribution in [3.05, 3.63) is 71.7 Å². The average molecular weight is 435 g/mol. The molecule has 1 unspecified atom stereocenters. The first-order valence-electron chi connectivity index (χ1n) is 9.05. The quantitative estimate of drug-likeness (QED) is 0.607. The summed E-state index contributed by atoms with van der Waals surface area (Å²) in [7, 11) is -3.47. The van der Waals surface area contributed by atoms with E-state index in [1.807, 2.05) is 25.1 Å². The van der Waals surface area contributed by atoms with Gasteiger partial charge in [0.25, 0.3) is 0 Å². The summed E-state index contributed by atoms with van der Waals surface area (Å²) in [6.45, 7) is 3.56. The molecule has 8 heteroatoms. The van der Waals surface area contributed by atoms with Gasteiger partial charge < -0.3 is 5.11 Å². The van der Waals surface area contributed by atoms with Crippen molar-refractivity contribution < 1.29 is 18.3 Å². The summed E-state index contributed by atoms with van der Waals surface area (Å²) in [6, 6.07) is 12.3. The molecule has 0 aliphatic carbocycles. The van der Waals surface area contributed by atoms with E-state index in [4.69, 9.17) is 16.7 Å². The smallest absolute Gasteiger partial charge is 0.306 e. The van der Waals surface area contributed by atoms with E-state index in [9.17, 15) is 13.2 Å². The van der Waals surface area contributed by atoms with Crippen molar-refractivity contribution in [3.8, 4) is 0 Å². The van der Waals surface area contributed by atoms with Crippen molar-refractivity contribution >= 4 is 44.6 Å². The maximum atomic E-state index is 12.4. The summed E-state index contributed by atoms with van der Waals surface area (Å²) in [6.07, 6.45) is 7.22. The number of halogens is 1. The fourth-order valence-corrected chi connectivity index (χ4v) is 3.74. The van der Waals surface area contributed by atoms with E-state index in [1.54, 1.807) is 55.7 Å². The molecular weight excluding hydrogens is 412 g/mol. The zero-order valence-corrected chi connectivity index (χ0v) is 17.8. The van der Waals surface area contributed by atoms with Crippen molar-refractivity contribution in [1.29, 1.82) is 0 Å². The number of carboxylic acids is 1. The summed E-state index contributed by atoms with van der Waals surface area (Å²) in [5, 5.41) is 9.56. The number of aliphatic carboxylic acids is 1. The highest BCUT2D eigenvalue weighted by Gasteiger charge is 2.14. The van der Waals surface area contributed by atoms with E-state index in [-0.39, 0.29) is 11.7 Å². The van der Waals surface area contributed by atoms with Crippen molar-refractivity contribution in [2.75, 3.05) is 5.75 Å². The predicted octanol–water partition coefficient (Wildman–Crippen LogP) is 4.70. The number of pyridine rings is 1. The van der Waals surface area contributed by atoms with Crippen LogP contribution in [0.5, 0.6) is 0 Å². The number of benzene rings is 1. The van der Waals surface area contributed by atoms with Crippen molar-refractivity contribution in [2.24, 2.45) is 5.92 Å². The topological polar surface area (TPSA) is 89.3 Å². The van der Waals surface area contributed by atoms with Gasteiger partial charge in [0, 0.05) is 22.8 Å². The highest BCUT2D eigenvalue weighted by molar-refractivity contribution is 7.90. The largest absolute Gasteiger partial charge is 0.481 e. The van der Waals surface area contributed by atoms with Crippen LogP contribution in [0, 0.1) is 5.92 Å². The SMILES string of the molecule is CCC(C)C(=O)O.O=S(=O)(CC=Cc1ccccn1)n1ccc2cc(Cl)ccc21. The lowest BCUT2D eigenvalue weighted by Gasteiger charge is -2.05. The number of fused-ring (bicyclic) bond motifs is 1. The molecule has 29 heavy (non-hydrogen) atoms. The molecule has 6 nitrogen and oxygen atoms in total. The first kappa shape index (κ1) is 22.6. The molecule has 0 aliphatic rings. The number of rotatable bonds is 6. The number of carbonyl (C=O) groups is 1. The molecule has 3 aromatic rings. The zero-order valence-electron chi connectivity index (χ0n) is 16.2. The van der Waals surface area contributed by atoms with Crippen LogP contribution in [0.1, 0.15) is 26.0 Å². The molecule has 2 heterocycles. The lowest BCUT2D eigenvalue weighted by molar-refractivity contribution is -0.141. The molecule has 0 bridgehead atoms. The molecule has 1 atom stereocenters. The van der Waals surface area contributed by atoms with E-state index >= 15 is 0 Å². The third-order valence-electron chi connectivity index (χ3n) is 4.23. The van der Waals surface area contributed by atoms with Crippen molar-refractivity contribution in [2.45, 2.75) is 20.3 Å². The van der Waals surface area contributed by atoms with Crippen LogP contribution in [0.4, 0.5) is 0 Å². The van der Waals surface area contributed by atoms with Gasteiger partial charge in [-0.15, -0.1) is 0 Å². The molecule has 1 N–H and O–H groups in total. The normalized spacial score (nSPS) is 12.5. The summed E-state index contributed by atoms with van der Waals surface area (Å²) in [5.74, 6) is -0.988. The second-order valence-electron chi connectivity index (χ2n) is 6.40. The molecule has 3 rings (SSSR count). The van der Waals surface area contributed by atoms with Crippen LogP contribution in [-0.2, 0) is 14.8 Å². The van der Waals surface area contributed by atoms with E-state index in [0.29, 0.717) is 10.5 Å². The number of hydrogen-bond acceptors (Lipinski definition) is 4. The van der Waals surface area contributed by atoms with Crippen LogP contribution < -0.4 is 0 Å². The summed E-state index contributed by atoms with van der Waals surface area (Å²) in [5.41, 5.74) is 1.34. The summed E-state index contributed by atoms with van der Waals surface area (Å²) >= 11 is 5.92. The first-order chi connectivity index (χ1) is 13.7. The highest BCUT2D eigenvalue weighted by Crippen LogP contribution is 2.22. The van der Waals surface area contributed by atoms with Crippen molar-refractivity contribution in [1.82, 2.24) is 8.96 Å². The minimum absolute atomic E-state index is 0.101. The highest BCUT2D eigenvalue weighted by atomic mass is 35.5. The van der Waals surface area contributed by atoms with Gasteiger partial charge in [-0.2, -0.15) is 0 Å². The third-order valence-corrected chi connectivity index (χ3v) is 6.00. The Morgan fingerprint density at radius 2 is 2.03 bits per heavy atom. The summed E-state index contributed by atoms with van der Waals surface area (Å²) in [4.78, 5) is 14.0. The third kappa shape index (κ3) is 6.44. The van der Waals surface area contributed by atoms with Gasteiger partial charge in [-0.05, 0) is 48.9 Å². The average Bonchev–Trinajstić information content (AvgIpc) is 3.12. The Hall–Kier alpha value is -2.64. The van der Waals surface area contributed by atoms with Gasteiger partial charge in [-0.1, -0.05) is 37.6 Å². The number of carboxylic acid groups (broad SMARTS) is 1. The van der Waals surface area contributed by atoms with Crippen LogP contribution in [0.2, 0.25) is 5.02 Å². The standard InChI is InChI=1S/C16H13ClN2O2S.C5H10O2/c17-14-6-7-16-13(12-14)8-10-19(16)22(20,21)11-3-5-15-4-1-2-9-18-15;1-3-4(2)5(6)7/h1-10,12H,11H2;4H,3H2,1-2H3,(H,6,7). The van der Waals surface area contributed by atoms with Crippen LogP contribution in [0.15, 0.2) is 60.9 Å². The van der Waals surface area contributed by atoms with E-state index < -0.39 is 16.0 Å². The maximum absolute atomic E-state index is 12.4. The van der Waals surface area contributed by atoms with E-state index in [0.717, 1.165) is 17.5 Å². The second-order valence-corrected chi connectivity index (χ2v) is 8.72. The molecule has 0 amide bonds. The fourth-order valence-electron chi connectivity index (χ4n) is 2.35. The van der Waals surface area contributed by atoms with Gasteiger partial charge >= 0.3 is 5.97 Å². The predicted molar refractivity (Wildman–Crippen MR) is 116 cm³/mol. The molecule has 0 aliphatic heterocycles. The molecular formula is C21H23ClN2O4S. The Bertz CT molecular complexity index is 1090. The summed E-state index contributed by atoms with van der Waals surface area (Å²) < 4.78 is 26.2. The number of aromatic nitrogens is 2.